The Balaban J connectivity index is 1.73. The third-order valence-corrected chi connectivity index (χ3v) is 5.29. The van der Waals surface area contributed by atoms with Crippen molar-refractivity contribution in [3.63, 3.8) is 0 Å². The summed E-state index contributed by atoms with van der Waals surface area (Å²) in [5, 5.41) is 9.90. The maximum absolute atomic E-state index is 12.4. The van der Waals surface area contributed by atoms with E-state index in [-0.39, 0.29) is 17.5 Å². The number of aryl methyl sites for hydroxylation is 3. The van der Waals surface area contributed by atoms with E-state index in [2.05, 4.69) is 27.6 Å². The number of nitrogens with one attached hydrogen (secondary N) is 3. The monoisotopic (exact) mass is 345 g/mol. The molecule has 2 aromatic rings. The fourth-order valence-electron chi connectivity index (χ4n) is 3.77. The van der Waals surface area contributed by atoms with Gasteiger partial charge in [0.15, 0.2) is 5.65 Å². The van der Waals surface area contributed by atoms with Gasteiger partial charge in [-0.2, -0.15) is 0 Å². The average Bonchev–Trinajstić information content (AvgIpc) is 2.83. The van der Waals surface area contributed by atoms with Gasteiger partial charge in [-0.15, -0.1) is 0 Å². The summed E-state index contributed by atoms with van der Waals surface area (Å²) in [5.74, 6) is 0.0569. The van der Waals surface area contributed by atoms with Gasteiger partial charge in [0.1, 0.15) is 0 Å². The molecule has 7 heteroatoms. The van der Waals surface area contributed by atoms with E-state index in [1.54, 1.807) is 11.7 Å². The van der Waals surface area contributed by atoms with Crippen molar-refractivity contribution >= 4 is 16.9 Å². The second kappa shape index (κ2) is 7.00. The minimum atomic E-state index is -0.129. The number of aromatic amines is 1. The summed E-state index contributed by atoms with van der Waals surface area (Å²) in [4.78, 5) is 29.0. The van der Waals surface area contributed by atoms with Crippen molar-refractivity contribution in [3.8, 4) is 0 Å². The number of hydrogen-bond acceptors (Lipinski definition) is 4. The van der Waals surface area contributed by atoms with Crippen LogP contribution >= 0.6 is 0 Å². The van der Waals surface area contributed by atoms with E-state index in [1.807, 2.05) is 13.8 Å². The molecule has 3 heterocycles. The van der Waals surface area contributed by atoms with Gasteiger partial charge in [0.2, 0.25) is 5.91 Å². The molecule has 0 spiro atoms. The maximum Gasteiger partial charge on any atom is 0.273 e. The maximum atomic E-state index is 12.4. The van der Waals surface area contributed by atoms with Crippen molar-refractivity contribution < 1.29 is 4.79 Å². The van der Waals surface area contributed by atoms with E-state index in [4.69, 9.17) is 0 Å². The van der Waals surface area contributed by atoms with E-state index < -0.39 is 0 Å². The lowest BCUT2D eigenvalue weighted by Gasteiger charge is -2.30. The average molecular weight is 345 g/mol. The highest BCUT2D eigenvalue weighted by Gasteiger charge is 2.22. The zero-order valence-electron chi connectivity index (χ0n) is 15.4. The number of H-pyrrole nitrogens is 1. The van der Waals surface area contributed by atoms with Gasteiger partial charge in [0.05, 0.1) is 5.39 Å². The lowest BCUT2D eigenvalue weighted by atomic mass is 9.98. The summed E-state index contributed by atoms with van der Waals surface area (Å²) in [7, 11) is 1.78. The van der Waals surface area contributed by atoms with E-state index in [9.17, 15) is 9.59 Å². The van der Waals surface area contributed by atoms with Crippen molar-refractivity contribution in [1.82, 2.24) is 25.4 Å². The molecular formula is C18H27N5O2. The normalized spacial score (nSPS) is 20.8. The van der Waals surface area contributed by atoms with Crippen LogP contribution in [0.1, 0.15) is 43.0 Å². The van der Waals surface area contributed by atoms with E-state index >= 15 is 0 Å². The topological polar surface area (TPSA) is 91.8 Å². The van der Waals surface area contributed by atoms with Gasteiger partial charge in [0, 0.05) is 31.2 Å². The Labute approximate surface area is 147 Å². The quantitative estimate of drug-likeness (QED) is 0.773. The van der Waals surface area contributed by atoms with Crippen molar-refractivity contribution in [3.05, 3.63) is 27.2 Å². The Kier molecular flexibility index (Phi) is 4.94. The first-order valence-electron chi connectivity index (χ1n) is 8.96. The lowest BCUT2D eigenvalue weighted by molar-refractivity contribution is -0.122. The molecule has 3 N–H and O–H groups in total. The molecule has 2 unspecified atom stereocenters. The van der Waals surface area contributed by atoms with Crippen LogP contribution in [0.4, 0.5) is 0 Å². The van der Waals surface area contributed by atoms with Crippen LogP contribution in [0.2, 0.25) is 0 Å². The predicted molar refractivity (Wildman–Crippen MR) is 97.8 cm³/mol. The molecule has 1 aliphatic heterocycles. The Morgan fingerprint density at radius 3 is 2.88 bits per heavy atom. The lowest BCUT2D eigenvalue weighted by Crippen LogP contribution is -2.51. The number of aromatic nitrogens is 3. The number of amides is 1. The number of hydrogen-bond donors (Lipinski definition) is 3. The molecule has 3 rings (SSSR count). The van der Waals surface area contributed by atoms with Gasteiger partial charge in [-0.3, -0.25) is 19.4 Å². The molecule has 25 heavy (non-hydrogen) atoms. The number of nitrogens with zero attached hydrogens (tertiary/aromatic N) is 2. The van der Waals surface area contributed by atoms with Gasteiger partial charge < -0.3 is 10.6 Å². The molecular weight excluding hydrogens is 318 g/mol. The Morgan fingerprint density at radius 1 is 1.40 bits per heavy atom. The van der Waals surface area contributed by atoms with E-state index in [0.717, 1.165) is 36.2 Å². The number of fused-ring (bicyclic) bond motifs is 1. The van der Waals surface area contributed by atoms with E-state index in [1.165, 1.54) is 0 Å². The zero-order chi connectivity index (χ0) is 18.1. The summed E-state index contributed by atoms with van der Waals surface area (Å²) in [5.41, 5.74) is 3.32. The second-order valence-corrected chi connectivity index (χ2v) is 7.06. The van der Waals surface area contributed by atoms with Gasteiger partial charge in [0.25, 0.3) is 5.56 Å². The fraction of sp³-hybridized carbons (Fsp3) is 0.611. The number of piperidine rings is 1. The molecule has 1 aliphatic rings. The van der Waals surface area contributed by atoms with Gasteiger partial charge in [-0.1, -0.05) is 0 Å². The minimum absolute atomic E-state index is 0.0569. The van der Waals surface area contributed by atoms with Crippen LogP contribution in [0, 0.1) is 13.8 Å². The number of carbonyl (C=O) groups excluding carboxylic acids is 1. The highest BCUT2D eigenvalue weighted by Crippen LogP contribution is 2.21. The number of pyridine rings is 1. The van der Waals surface area contributed by atoms with Crippen molar-refractivity contribution in [2.24, 2.45) is 7.05 Å². The molecule has 0 aliphatic carbocycles. The van der Waals surface area contributed by atoms with Crippen molar-refractivity contribution in [2.75, 3.05) is 6.54 Å². The fourth-order valence-corrected chi connectivity index (χ4v) is 3.77. The summed E-state index contributed by atoms with van der Waals surface area (Å²) >= 11 is 0. The molecule has 0 bridgehead atoms. The molecule has 2 aromatic heterocycles. The highest BCUT2D eigenvalue weighted by atomic mass is 16.1. The summed E-state index contributed by atoms with van der Waals surface area (Å²) < 4.78 is 1.64. The number of rotatable bonds is 4. The van der Waals surface area contributed by atoms with Crippen LogP contribution in [0.5, 0.6) is 0 Å². The molecule has 0 radical (unpaired) electrons. The molecule has 0 aromatic carbocycles. The molecule has 1 saturated heterocycles. The third-order valence-electron chi connectivity index (χ3n) is 5.29. The Morgan fingerprint density at radius 2 is 2.16 bits per heavy atom. The summed E-state index contributed by atoms with van der Waals surface area (Å²) in [6.45, 7) is 7.00. The minimum Gasteiger partial charge on any atom is -0.352 e. The second-order valence-electron chi connectivity index (χ2n) is 7.06. The highest BCUT2D eigenvalue weighted by molar-refractivity contribution is 5.81. The van der Waals surface area contributed by atoms with E-state index in [0.29, 0.717) is 29.9 Å². The molecule has 2 atom stereocenters. The van der Waals surface area contributed by atoms with Gasteiger partial charge in [-0.05, 0) is 57.7 Å². The third kappa shape index (κ3) is 3.46. The van der Waals surface area contributed by atoms with Crippen LogP contribution in [-0.4, -0.2) is 39.3 Å². The van der Waals surface area contributed by atoms with Gasteiger partial charge >= 0.3 is 0 Å². The Bertz CT molecular complexity index is 851. The van der Waals surface area contributed by atoms with Crippen LogP contribution in [0.15, 0.2) is 4.79 Å². The van der Waals surface area contributed by atoms with Crippen LogP contribution in [0.25, 0.3) is 11.0 Å². The molecule has 1 amide bonds. The number of carbonyl (C=O) groups is 1. The first-order valence-corrected chi connectivity index (χ1v) is 8.96. The smallest absolute Gasteiger partial charge is 0.273 e. The first-order chi connectivity index (χ1) is 11.9. The van der Waals surface area contributed by atoms with Crippen LogP contribution in [-0.2, 0) is 18.3 Å². The SMILES string of the molecule is Cc1nc2c(c(C)c1CCC(=O)NC1CCCNC1C)c(=O)[nH]n2C. The Hall–Kier alpha value is -2.15. The van der Waals surface area contributed by atoms with Crippen molar-refractivity contribution in [1.29, 1.82) is 0 Å². The predicted octanol–water partition coefficient (Wildman–Crippen LogP) is 1.07. The first kappa shape index (κ1) is 17.7. The molecule has 0 saturated carbocycles. The zero-order valence-corrected chi connectivity index (χ0v) is 15.4. The molecule has 1 fully saturated rings. The van der Waals surface area contributed by atoms with Crippen LogP contribution < -0.4 is 16.2 Å². The molecule has 7 nitrogen and oxygen atoms in total. The standard InChI is InChI=1S/C18H27N5O2/c1-10-13(11(2)20-17-16(10)18(25)22-23(17)4)7-8-15(24)21-14-6-5-9-19-12(14)3/h12,14,19H,5-9H2,1-4H3,(H,21,24)(H,22,25). The summed E-state index contributed by atoms with van der Waals surface area (Å²) in [6, 6.07) is 0.503. The largest absolute Gasteiger partial charge is 0.352 e. The molecule has 136 valence electrons. The summed E-state index contributed by atoms with van der Waals surface area (Å²) in [6.07, 6.45) is 3.11. The van der Waals surface area contributed by atoms with Crippen LogP contribution in [0.3, 0.4) is 0 Å². The van der Waals surface area contributed by atoms with Gasteiger partial charge in [-0.25, -0.2) is 4.98 Å². The van der Waals surface area contributed by atoms with Crippen molar-refractivity contribution in [2.45, 2.75) is 58.5 Å².